The van der Waals surface area contributed by atoms with E-state index in [0.29, 0.717) is 12.5 Å². The van der Waals surface area contributed by atoms with E-state index in [9.17, 15) is 4.79 Å². The van der Waals surface area contributed by atoms with Crippen LogP contribution in [0.1, 0.15) is 11.3 Å². The summed E-state index contributed by atoms with van der Waals surface area (Å²) in [5.74, 6) is 0.312. The molecule has 0 bridgehead atoms. The molecule has 0 amide bonds. The molecule has 86 valence electrons. The van der Waals surface area contributed by atoms with Crippen LogP contribution in [-0.2, 0) is 13.0 Å². The van der Waals surface area contributed by atoms with Gasteiger partial charge in [-0.1, -0.05) is 0 Å². The van der Waals surface area contributed by atoms with Gasteiger partial charge in [-0.2, -0.15) is 0 Å². The molecule has 0 aliphatic carbocycles. The minimum Gasteiger partial charge on any atom is -0.376 e. The summed E-state index contributed by atoms with van der Waals surface area (Å²) < 4.78 is 0. The van der Waals surface area contributed by atoms with Gasteiger partial charge in [-0.25, -0.2) is 4.98 Å². The number of rotatable bonds is 1. The molecule has 1 aliphatic rings. The lowest BCUT2D eigenvalue weighted by molar-refractivity contribution is 0.306. The molecule has 4 N–H and O–H groups in total. The number of anilines is 1. The fraction of sp³-hybridized carbons (Fsp3) is 0.444. The number of aromatic nitrogens is 2. The van der Waals surface area contributed by atoms with E-state index in [1.54, 1.807) is 0 Å². The number of nitrogens with one attached hydrogen (secondary N) is 2. The number of H-pyrrole nitrogens is 1. The van der Waals surface area contributed by atoms with Gasteiger partial charge in [0, 0.05) is 18.7 Å². The minimum absolute atomic E-state index is 0.0901. The van der Waals surface area contributed by atoms with Crippen LogP contribution in [0.3, 0.4) is 0 Å². The molecular formula is C9H13N5OS. The van der Waals surface area contributed by atoms with E-state index in [1.807, 2.05) is 7.05 Å². The molecular weight excluding hydrogens is 226 g/mol. The van der Waals surface area contributed by atoms with E-state index in [1.165, 1.54) is 0 Å². The summed E-state index contributed by atoms with van der Waals surface area (Å²) in [6.45, 7) is 1.55. The first-order valence-electron chi connectivity index (χ1n) is 4.93. The molecule has 1 aromatic heterocycles. The number of thiocarbonyl (C=S) groups is 1. The molecule has 2 heterocycles. The van der Waals surface area contributed by atoms with Crippen molar-refractivity contribution in [1.82, 2.24) is 14.9 Å². The first-order chi connectivity index (χ1) is 7.56. The Kier molecular flexibility index (Phi) is 2.88. The van der Waals surface area contributed by atoms with Crippen molar-refractivity contribution in [1.29, 1.82) is 0 Å². The number of likely N-dealkylation sites (N-methyl/N-ethyl adjacent to an activating group) is 1. The molecule has 0 unspecified atom stereocenters. The Morgan fingerprint density at radius 2 is 2.44 bits per heavy atom. The first kappa shape index (κ1) is 11.0. The predicted octanol–water partition coefficient (Wildman–Crippen LogP) is -0.587. The topological polar surface area (TPSA) is 87.0 Å². The van der Waals surface area contributed by atoms with Gasteiger partial charge < -0.3 is 16.0 Å². The molecule has 16 heavy (non-hydrogen) atoms. The minimum atomic E-state index is -0.114. The summed E-state index contributed by atoms with van der Waals surface area (Å²) in [5.41, 5.74) is 6.76. The third-order valence-corrected chi connectivity index (χ3v) is 2.61. The van der Waals surface area contributed by atoms with Crippen molar-refractivity contribution in [2.24, 2.45) is 5.73 Å². The zero-order valence-electron chi connectivity index (χ0n) is 8.91. The van der Waals surface area contributed by atoms with E-state index in [0.717, 1.165) is 24.2 Å². The summed E-state index contributed by atoms with van der Waals surface area (Å²) in [6, 6.07) is 0. The molecule has 1 aliphatic heterocycles. The third kappa shape index (κ3) is 2.20. The van der Waals surface area contributed by atoms with Crippen LogP contribution < -0.4 is 16.6 Å². The van der Waals surface area contributed by atoms with Gasteiger partial charge >= 0.3 is 0 Å². The molecule has 0 saturated heterocycles. The van der Waals surface area contributed by atoms with Gasteiger partial charge in [0.15, 0.2) is 5.11 Å². The molecule has 0 spiro atoms. The van der Waals surface area contributed by atoms with Gasteiger partial charge in [0.05, 0.1) is 5.69 Å². The maximum absolute atomic E-state index is 11.7. The molecule has 1 aromatic rings. The molecule has 0 radical (unpaired) electrons. The third-order valence-electron chi connectivity index (χ3n) is 2.51. The predicted molar refractivity (Wildman–Crippen MR) is 65.3 cm³/mol. The van der Waals surface area contributed by atoms with Gasteiger partial charge in [-0.3, -0.25) is 9.78 Å². The Hall–Kier alpha value is -1.47. The van der Waals surface area contributed by atoms with Gasteiger partial charge in [-0.15, -0.1) is 0 Å². The number of aromatic amines is 1. The van der Waals surface area contributed by atoms with Gasteiger partial charge in [0.2, 0.25) is 5.95 Å². The van der Waals surface area contributed by atoms with Crippen molar-refractivity contribution in [3.63, 3.8) is 0 Å². The fourth-order valence-corrected chi connectivity index (χ4v) is 1.84. The highest BCUT2D eigenvalue weighted by Crippen LogP contribution is 2.12. The molecule has 6 nitrogen and oxygen atoms in total. The highest BCUT2D eigenvalue weighted by molar-refractivity contribution is 7.80. The second kappa shape index (κ2) is 4.18. The van der Waals surface area contributed by atoms with Crippen LogP contribution >= 0.6 is 12.2 Å². The molecule has 0 aromatic carbocycles. The maximum Gasteiger partial charge on any atom is 0.255 e. The van der Waals surface area contributed by atoms with Gasteiger partial charge in [-0.05, 0) is 25.7 Å². The number of hydrogen-bond acceptors (Lipinski definition) is 4. The van der Waals surface area contributed by atoms with Crippen LogP contribution in [0, 0.1) is 0 Å². The number of nitrogens with two attached hydrogens (primary N) is 1. The summed E-state index contributed by atoms with van der Waals surface area (Å²) in [6.07, 6.45) is 0.724. The zero-order chi connectivity index (χ0) is 11.7. The van der Waals surface area contributed by atoms with Crippen LogP contribution in [0.5, 0.6) is 0 Å². The largest absolute Gasteiger partial charge is 0.376 e. The standard InChI is InChI=1S/C9H13N5OS/c1-14-3-2-5-6(4-14)11-9(12-7(5)15)13-8(10)16/h2-4H2,1H3,(H4,10,11,12,13,15,16). The summed E-state index contributed by atoms with van der Waals surface area (Å²) in [4.78, 5) is 20.8. The lowest BCUT2D eigenvalue weighted by Crippen LogP contribution is -2.34. The average Bonchev–Trinajstić information content (AvgIpc) is 2.15. The van der Waals surface area contributed by atoms with Crippen LogP contribution in [0.15, 0.2) is 4.79 Å². The normalized spacial score (nSPS) is 15.6. The Morgan fingerprint density at radius 1 is 1.69 bits per heavy atom. The Labute approximate surface area is 97.9 Å². The average molecular weight is 239 g/mol. The van der Waals surface area contributed by atoms with E-state index < -0.39 is 0 Å². The summed E-state index contributed by atoms with van der Waals surface area (Å²) >= 11 is 4.69. The van der Waals surface area contributed by atoms with Crippen molar-refractivity contribution in [3.8, 4) is 0 Å². The number of nitrogens with zero attached hydrogens (tertiary/aromatic N) is 2. The van der Waals surface area contributed by atoms with E-state index in [-0.39, 0.29) is 10.7 Å². The molecule has 0 fully saturated rings. The second-order valence-electron chi connectivity index (χ2n) is 3.82. The molecule has 2 rings (SSSR count). The smallest absolute Gasteiger partial charge is 0.255 e. The lowest BCUT2D eigenvalue weighted by atomic mass is 10.1. The van der Waals surface area contributed by atoms with Crippen LogP contribution in [-0.4, -0.2) is 33.6 Å². The second-order valence-corrected chi connectivity index (χ2v) is 4.26. The van der Waals surface area contributed by atoms with Crippen LogP contribution in [0.2, 0.25) is 0 Å². The highest BCUT2D eigenvalue weighted by Gasteiger charge is 2.18. The Morgan fingerprint density at radius 3 is 3.12 bits per heavy atom. The van der Waals surface area contributed by atoms with Crippen LogP contribution in [0.25, 0.3) is 0 Å². The first-order valence-corrected chi connectivity index (χ1v) is 5.34. The SMILES string of the molecule is CN1CCc2c(nc(NC(N)=S)[nH]c2=O)C1. The van der Waals surface area contributed by atoms with E-state index in [4.69, 9.17) is 18.0 Å². The van der Waals surface area contributed by atoms with Crippen molar-refractivity contribution in [2.45, 2.75) is 13.0 Å². The molecule has 0 saturated carbocycles. The zero-order valence-corrected chi connectivity index (χ0v) is 9.73. The number of hydrogen-bond donors (Lipinski definition) is 3. The highest BCUT2D eigenvalue weighted by atomic mass is 32.1. The van der Waals surface area contributed by atoms with E-state index >= 15 is 0 Å². The summed E-state index contributed by atoms with van der Waals surface area (Å²) in [7, 11) is 1.99. The van der Waals surface area contributed by atoms with Gasteiger partial charge in [0.1, 0.15) is 0 Å². The quantitative estimate of drug-likeness (QED) is 0.568. The van der Waals surface area contributed by atoms with Crippen molar-refractivity contribution >= 4 is 23.3 Å². The maximum atomic E-state index is 11.7. The Bertz CT molecular complexity index is 483. The molecule has 7 heteroatoms. The van der Waals surface area contributed by atoms with Crippen molar-refractivity contribution < 1.29 is 0 Å². The fourth-order valence-electron chi connectivity index (χ4n) is 1.75. The van der Waals surface area contributed by atoms with Crippen molar-refractivity contribution in [2.75, 3.05) is 18.9 Å². The monoisotopic (exact) mass is 239 g/mol. The summed E-state index contributed by atoms with van der Waals surface area (Å²) in [5, 5.41) is 2.72. The van der Waals surface area contributed by atoms with Crippen LogP contribution in [0.4, 0.5) is 5.95 Å². The van der Waals surface area contributed by atoms with Gasteiger partial charge in [0.25, 0.3) is 5.56 Å². The number of fused-ring (bicyclic) bond motifs is 1. The lowest BCUT2D eigenvalue weighted by Gasteiger charge is -2.23. The molecule has 0 atom stereocenters. The van der Waals surface area contributed by atoms with E-state index in [2.05, 4.69) is 20.2 Å². The van der Waals surface area contributed by atoms with Crippen molar-refractivity contribution in [3.05, 3.63) is 21.6 Å². The Balaban J connectivity index is 2.39.